The average Bonchev–Trinajstić information content (AvgIpc) is 2.52. The minimum atomic E-state index is -0.391. The minimum absolute atomic E-state index is 0.286. The Morgan fingerprint density at radius 3 is 2.75 bits per heavy atom. The Labute approximate surface area is 71.3 Å². The van der Waals surface area contributed by atoms with E-state index in [9.17, 15) is 4.79 Å². The largest absolute Gasteiger partial charge is 0.460 e. The van der Waals surface area contributed by atoms with Gasteiger partial charge in [-0.25, -0.2) is 4.79 Å². The molecule has 0 aliphatic heterocycles. The van der Waals surface area contributed by atoms with Crippen LogP contribution >= 0.6 is 0 Å². The number of carbonyl (C=O) groups is 1. The minimum Gasteiger partial charge on any atom is -0.460 e. The van der Waals surface area contributed by atoms with Crippen molar-refractivity contribution in [2.24, 2.45) is 0 Å². The number of esters is 1. The topological polar surface area (TPSA) is 39.4 Å². The third kappa shape index (κ3) is 1.87. The van der Waals surface area contributed by atoms with Crippen LogP contribution in [-0.2, 0) is 11.2 Å². The molecule has 1 aromatic heterocycles. The van der Waals surface area contributed by atoms with E-state index in [4.69, 9.17) is 9.15 Å². The van der Waals surface area contributed by atoms with Gasteiger partial charge in [0.1, 0.15) is 5.76 Å². The summed E-state index contributed by atoms with van der Waals surface area (Å²) in [7, 11) is 0. The van der Waals surface area contributed by atoms with Crippen LogP contribution in [0.5, 0.6) is 0 Å². The van der Waals surface area contributed by atoms with Crippen LogP contribution in [0, 0.1) is 0 Å². The molecule has 66 valence electrons. The summed E-state index contributed by atoms with van der Waals surface area (Å²) < 4.78 is 9.93. The van der Waals surface area contributed by atoms with E-state index < -0.39 is 5.97 Å². The van der Waals surface area contributed by atoms with Crippen molar-refractivity contribution < 1.29 is 13.9 Å². The number of rotatable bonds is 3. The van der Waals surface area contributed by atoms with Gasteiger partial charge in [-0.1, -0.05) is 6.92 Å². The number of hydrogen-bond donors (Lipinski definition) is 0. The van der Waals surface area contributed by atoms with E-state index in [1.165, 1.54) is 0 Å². The highest BCUT2D eigenvalue weighted by Gasteiger charge is 2.10. The fourth-order valence-corrected chi connectivity index (χ4v) is 0.880. The second-order valence-corrected chi connectivity index (χ2v) is 2.34. The number of ether oxygens (including phenoxy) is 1. The van der Waals surface area contributed by atoms with Gasteiger partial charge in [-0.2, -0.15) is 0 Å². The molecule has 0 aliphatic rings. The number of furan rings is 1. The molecule has 1 heterocycles. The van der Waals surface area contributed by atoms with E-state index in [1.54, 1.807) is 19.1 Å². The maximum absolute atomic E-state index is 11.1. The van der Waals surface area contributed by atoms with Crippen molar-refractivity contribution in [3.05, 3.63) is 23.7 Å². The highest BCUT2D eigenvalue weighted by Crippen LogP contribution is 2.09. The first-order chi connectivity index (χ1) is 5.77. The zero-order valence-electron chi connectivity index (χ0n) is 7.29. The molecule has 0 unspecified atom stereocenters. The monoisotopic (exact) mass is 168 g/mol. The van der Waals surface area contributed by atoms with Gasteiger partial charge in [-0.15, -0.1) is 0 Å². The summed E-state index contributed by atoms with van der Waals surface area (Å²) in [4.78, 5) is 11.1. The van der Waals surface area contributed by atoms with Gasteiger partial charge in [0.25, 0.3) is 0 Å². The van der Waals surface area contributed by atoms with Crippen LogP contribution in [0.2, 0.25) is 0 Å². The lowest BCUT2D eigenvalue weighted by atomic mass is 10.3. The third-order valence-corrected chi connectivity index (χ3v) is 1.49. The summed E-state index contributed by atoms with van der Waals surface area (Å²) in [5.74, 6) is 0.698. The molecule has 0 aliphatic carbocycles. The van der Waals surface area contributed by atoms with Gasteiger partial charge >= 0.3 is 5.97 Å². The van der Waals surface area contributed by atoms with E-state index >= 15 is 0 Å². The molecule has 0 N–H and O–H groups in total. The lowest BCUT2D eigenvalue weighted by molar-refractivity contribution is 0.0488. The molecule has 0 saturated heterocycles. The van der Waals surface area contributed by atoms with Crippen LogP contribution < -0.4 is 0 Å². The normalized spacial score (nSPS) is 9.83. The first-order valence-electron chi connectivity index (χ1n) is 4.03. The highest BCUT2D eigenvalue weighted by molar-refractivity contribution is 5.86. The molecule has 0 spiro atoms. The van der Waals surface area contributed by atoms with E-state index in [2.05, 4.69) is 0 Å². The summed E-state index contributed by atoms with van der Waals surface area (Å²) >= 11 is 0. The van der Waals surface area contributed by atoms with Crippen molar-refractivity contribution in [3.63, 3.8) is 0 Å². The molecule has 1 aromatic rings. The van der Waals surface area contributed by atoms with E-state index in [-0.39, 0.29) is 5.76 Å². The first kappa shape index (κ1) is 8.84. The van der Waals surface area contributed by atoms with Crippen molar-refractivity contribution in [1.29, 1.82) is 0 Å². The Morgan fingerprint density at radius 1 is 1.50 bits per heavy atom. The summed E-state index contributed by atoms with van der Waals surface area (Å²) in [6, 6.07) is 3.42. The Morgan fingerprint density at radius 2 is 2.25 bits per heavy atom. The van der Waals surface area contributed by atoms with Crippen LogP contribution in [0.1, 0.15) is 30.2 Å². The molecule has 0 atom stereocenters. The van der Waals surface area contributed by atoms with Crippen molar-refractivity contribution in [2.45, 2.75) is 20.3 Å². The molecular weight excluding hydrogens is 156 g/mol. The summed E-state index contributed by atoms with van der Waals surface area (Å²) in [5.41, 5.74) is 0. The van der Waals surface area contributed by atoms with Gasteiger partial charge in [-0.3, -0.25) is 0 Å². The first-order valence-corrected chi connectivity index (χ1v) is 4.03. The number of carbonyl (C=O) groups excluding carboxylic acids is 1. The van der Waals surface area contributed by atoms with Crippen molar-refractivity contribution >= 4 is 5.97 Å². The van der Waals surface area contributed by atoms with E-state index in [0.29, 0.717) is 6.61 Å². The fraction of sp³-hybridized carbons (Fsp3) is 0.444. The van der Waals surface area contributed by atoms with Crippen LogP contribution in [0.25, 0.3) is 0 Å². The van der Waals surface area contributed by atoms with Crippen molar-refractivity contribution in [2.75, 3.05) is 6.61 Å². The molecule has 0 bridgehead atoms. The van der Waals surface area contributed by atoms with Crippen LogP contribution in [-0.4, -0.2) is 12.6 Å². The molecule has 3 nitrogen and oxygen atoms in total. The molecule has 12 heavy (non-hydrogen) atoms. The molecule has 0 amide bonds. The Balaban J connectivity index is 2.68. The second-order valence-electron chi connectivity index (χ2n) is 2.34. The van der Waals surface area contributed by atoms with Gasteiger partial charge in [0, 0.05) is 6.42 Å². The van der Waals surface area contributed by atoms with E-state index in [1.807, 2.05) is 6.92 Å². The van der Waals surface area contributed by atoms with Crippen molar-refractivity contribution in [3.8, 4) is 0 Å². The standard InChI is InChI=1S/C9H12O3/c1-3-7-5-6-8(12-7)9(10)11-4-2/h5-6H,3-4H2,1-2H3. The predicted molar refractivity (Wildman–Crippen MR) is 44.0 cm³/mol. The zero-order valence-corrected chi connectivity index (χ0v) is 7.29. The van der Waals surface area contributed by atoms with Crippen LogP contribution in [0.4, 0.5) is 0 Å². The Kier molecular flexibility index (Phi) is 2.91. The average molecular weight is 168 g/mol. The van der Waals surface area contributed by atoms with Gasteiger partial charge < -0.3 is 9.15 Å². The Bertz CT molecular complexity index is 262. The maximum Gasteiger partial charge on any atom is 0.374 e. The van der Waals surface area contributed by atoms with Gasteiger partial charge in [0.05, 0.1) is 6.61 Å². The predicted octanol–water partition coefficient (Wildman–Crippen LogP) is 2.02. The fourth-order valence-electron chi connectivity index (χ4n) is 0.880. The second kappa shape index (κ2) is 3.95. The summed E-state index contributed by atoms with van der Waals surface area (Å²) in [5, 5.41) is 0. The van der Waals surface area contributed by atoms with Crippen LogP contribution in [0.15, 0.2) is 16.5 Å². The molecule has 0 radical (unpaired) electrons. The third-order valence-electron chi connectivity index (χ3n) is 1.49. The molecule has 1 rings (SSSR count). The van der Waals surface area contributed by atoms with Gasteiger partial charge in [-0.05, 0) is 19.1 Å². The molecular formula is C9H12O3. The summed E-state index contributed by atoms with van der Waals surface area (Å²) in [6.07, 6.45) is 0.791. The SMILES string of the molecule is CCOC(=O)c1ccc(CC)o1. The van der Waals surface area contributed by atoms with Gasteiger partial charge in [0.2, 0.25) is 5.76 Å². The highest BCUT2D eigenvalue weighted by atomic mass is 16.5. The van der Waals surface area contributed by atoms with Crippen LogP contribution in [0.3, 0.4) is 0 Å². The lowest BCUT2D eigenvalue weighted by Gasteiger charge is -1.96. The molecule has 0 fully saturated rings. The molecule has 0 saturated carbocycles. The molecule has 0 aromatic carbocycles. The Hall–Kier alpha value is -1.25. The summed E-state index contributed by atoms with van der Waals surface area (Å²) in [6.45, 7) is 4.11. The number of aryl methyl sites for hydroxylation is 1. The molecule has 3 heteroatoms. The van der Waals surface area contributed by atoms with Gasteiger partial charge in [0.15, 0.2) is 0 Å². The van der Waals surface area contributed by atoms with E-state index in [0.717, 1.165) is 12.2 Å². The quantitative estimate of drug-likeness (QED) is 0.648. The number of hydrogen-bond acceptors (Lipinski definition) is 3. The van der Waals surface area contributed by atoms with Crippen molar-refractivity contribution in [1.82, 2.24) is 0 Å². The lowest BCUT2D eigenvalue weighted by Crippen LogP contribution is -2.02. The smallest absolute Gasteiger partial charge is 0.374 e. The maximum atomic E-state index is 11.1. The zero-order chi connectivity index (χ0) is 8.97.